The zero-order valence-electron chi connectivity index (χ0n) is 15.7. The average Bonchev–Trinajstić information content (AvgIpc) is 3.05. The number of carbonyl (C=O) groups excluding carboxylic acids is 1. The van der Waals surface area contributed by atoms with Crippen molar-refractivity contribution in [3.63, 3.8) is 0 Å². The highest BCUT2D eigenvalue weighted by Crippen LogP contribution is 2.31. The molecule has 0 saturated heterocycles. The van der Waals surface area contributed by atoms with Gasteiger partial charge in [0, 0.05) is 0 Å². The number of nitrogens with one attached hydrogen (secondary N) is 1. The number of nitrogens with zero attached hydrogens (tertiary/aromatic N) is 1. The fourth-order valence-corrected chi connectivity index (χ4v) is 2.95. The van der Waals surface area contributed by atoms with Gasteiger partial charge < -0.3 is 25.0 Å². The highest BCUT2D eigenvalue weighted by Gasteiger charge is 2.41. The van der Waals surface area contributed by atoms with Crippen LogP contribution in [0.5, 0.6) is 5.75 Å². The fourth-order valence-electron chi connectivity index (χ4n) is 2.95. The number of carbonyl (C=O) groups is 2. The summed E-state index contributed by atoms with van der Waals surface area (Å²) in [5.41, 5.74) is -1.60. The maximum absolute atomic E-state index is 14.6. The van der Waals surface area contributed by atoms with E-state index in [0.29, 0.717) is 0 Å². The van der Waals surface area contributed by atoms with Gasteiger partial charge in [0.15, 0.2) is 12.4 Å². The van der Waals surface area contributed by atoms with Crippen molar-refractivity contribution in [1.29, 1.82) is 5.26 Å². The molecule has 0 aliphatic carbocycles. The Morgan fingerprint density at radius 2 is 1.81 bits per heavy atom. The maximum atomic E-state index is 14.6. The molecule has 2 aromatic carbocycles. The number of halogens is 4. The number of hydrogen-bond donors (Lipinski definition) is 3. The molecule has 8 nitrogen and oxygen atoms in total. The van der Waals surface area contributed by atoms with Gasteiger partial charge in [0.05, 0.1) is 17.3 Å². The van der Waals surface area contributed by atoms with Crippen molar-refractivity contribution in [2.45, 2.75) is 18.8 Å². The number of alkyl halides is 3. The molecule has 0 aromatic heterocycles. The minimum atomic E-state index is -4.90. The topological polar surface area (TPSA) is 129 Å². The van der Waals surface area contributed by atoms with E-state index in [-0.39, 0.29) is 11.1 Å². The highest BCUT2D eigenvalue weighted by molar-refractivity contribution is 6.10. The second kappa shape index (κ2) is 8.66. The lowest BCUT2D eigenvalue weighted by molar-refractivity contribution is -0.274. The Morgan fingerprint density at radius 3 is 2.41 bits per heavy atom. The van der Waals surface area contributed by atoms with Crippen LogP contribution in [0.3, 0.4) is 0 Å². The van der Waals surface area contributed by atoms with Gasteiger partial charge in [0.2, 0.25) is 0 Å². The van der Waals surface area contributed by atoms with Crippen LogP contribution in [0.15, 0.2) is 53.6 Å². The number of aliphatic hydroxyl groups is 1. The largest absolute Gasteiger partial charge is 0.573 e. The molecule has 3 N–H and O–H groups in total. The van der Waals surface area contributed by atoms with Crippen LogP contribution in [-0.4, -0.2) is 40.8 Å². The van der Waals surface area contributed by atoms with Gasteiger partial charge in [-0.1, -0.05) is 18.2 Å². The number of rotatable bonds is 5. The molecular formula is C20H12F4N2O6. The summed E-state index contributed by atoms with van der Waals surface area (Å²) in [7, 11) is 0. The number of carboxylic acids is 1. The van der Waals surface area contributed by atoms with Gasteiger partial charge in [-0.2, -0.15) is 5.26 Å². The van der Waals surface area contributed by atoms with Gasteiger partial charge in [-0.3, -0.25) is 4.79 Å². The molecular weight excluding hydrogens is 440 g/mol. The second-order valence-corrected chi connectivity index (χ2v) is 6.35. The van der Waals surface area contributed by atoms with E-state index in [1.54, 1.807) is 0 Å². The fraction of sp³-hybridized carbons (Fsp3) is 0.150. The summed E-state index contributed by atoms with van der Waals surface area (Å²) in [5.74, 6) is -4.39. The van der Waals surface area contributed by atoms with Gasteiger partial charge >= 0.3 is 12.3 Å². The van der Waals surface area contributed by atoms with Crippen molar-refractivity contribution < 1.29 is 46.8 Å². The first kappa shape index (κ1) is 22.7. The smallest absolute Gasteiger partial charge is 0.478 e. The molecule has 0 fully saturated rings. The molecule has 12 heteroatoms. The van der Waals surface area contributed by atoms with E-state index < -0.39 is 59.0 Å². The normalized spacial score (nSPS) is 18.2. The molecule has 2 unspecified atom stereocenters. The Labute approximate surface area is 176 Å². The molecule has 1 heterocycles. The van der Waals surface area contributed by atoms with Gasteiger partial charge in [-0.05, 0) is 35.4 Å². The third-order valence-corrected chi connectivity index (χ3v) is 4.27. The number of benzene rings is 2. The third kappa shape index (κ3) is 4.85. The van der Waals surface area contributed by atoms with Gasteiger partial charge in [0.25, 0.3) is 5.91 Å². The quantitative estimate of drug-likeness (QED) is 0.595. The Hall–Kier alpha value is -3.95. The van der Waals surface area contributed by atoms with Crippen molar-refractivity contribution in [2.24, 2.45) is 0 Å². The zero-order chi connectivity index (χ0) is 23.6. The number of amides is 1. The summed E-state index contributed by atoms with van der Waals surface area (Å²) in [6.07, 6.45) is -8.61. The Bertz CT molecular complexity index is 1160. The van der Waals surface area contributed by atoms with Crippen molar-refractivity contribution >= 4 is 17.6 Å². The number of ether oxygens (including phenoxy) is 2. The molecule has 0 saturated carbocycles. The van der Waals surface area contributed by atoms with E-state index in [1.165, 1.54) is 24.3 Å². The molecule has 0 spiro atoms. The van der Waals surface area contributed by atoms with Crippen LogP contribution in [0.25, 0.3) is 11.1 Å². The van der Waals surface area contributed by atoms with Gasteiger partial charge in [-0.25, -0.2) is 9.18 Å². The maximum Gasteiger partial charge on any atom is 0.573 e. The number of nitriles is 1. The summed E-state index contributed by atoms with van der Waals surface area (Å²) in [4.78, 5) is 23.7. The Morgan fingerprint density at radius 1 is 1.12 bits per heavy atom. The molecule has 166 valence electrons. The van der Waals surface area contributed by atoms with Crippen molar-refractivity contribution in [3.05, 3.63) is 59.4 Å². The summed E-state index contributed by atoms with van der Waals surface area (Å²) in [5, 5.41) is 29.9. The first-order valence-electron chi connectivity index (χ1n) is 8.67. The number of carboxylic acid groups (broad SMARTS) is 1. The molecule has 0 radical (unpaired) electrons. The number of aliphatic hydroxyl groups excluding tert-OH is 1. The van der Waals surface area contributed by atoms with Crippen LogP contribution >= 0.6 is 0 Å². The minimum absolute atomic E-state index is 0.160. The van der Waals surface area contributed by atoms with E-state index in [1.807, 2.05) is 0 Å². The summed E-state index contributed by atoms with van der Waals surface area (Å²) in [6, 6.07) is 9.62. The van der Waals surface area contributed by atoms with Crippen LogP contribution in [0.4, 0.5) is 23.2 Å². The molecule has 3 rings (SSSR count). The van der Waals surface area contributed by atoms with E-state index in [2.05, 4.69) is 10.1 Å². The summed E-state index contributed by atoms with van der Waals surface area (Å²) >= 11 is 0. The molecule has 2 atom stereocenters. The molecule has 2 aromatic rings. The van der Waals surface area contributed by atoms with Crippen molar-refractivity contribution in [1.82, 2.24) is 0 Å². The lowest BCUT2D eigenvalue weighted by Crippen LogP contribution is -2.23. The number of anilines is 1. The highest BCUT2D eigenvalue weighted by atomic mass is 19.4. The monoisotopic (exact) mass is 452 g/mol. The van der Waals surface area contributed by atoms with E-state index in [0.717, 1.165) is 24.3 Å². The molecule has 1 aliphatic heterocycles. The van der Waals surface area contributed by atoms with Crippen molar-refractivity contribution in [3.8, 4) is 22.9 Å². The molecule has 0 bridgehead atoms. The SMILES string of the molecule is N#CC1OC(O)C(C(=O)O)=C1C(=O)Nc1ccc(-c2cccc(OC(F)(F)F)c2)cc1F. The van der Waals surface area contributed by atoms with Crippen LogP contribution in [0, 0.1) is 17.1 Å². The zero-order valence-corrected chi connectivity index (χ0v) is 15.7. The third-order valence-electron chi connectivity index (χ3n) is 4.27. The van der Waals surface area contributed by atoms with E-state index in [4.69, 9.17) is 15.1 Å². The van der Waals surface area contributed by atoms with Crippen LogP contribution in [0.2, 0.25) is 0 Å². The minimum Gasteiger partial charge on any atom is -0.478 e. The molecule has 1 aliphatic rings. The lowest BCUT2D eigenvalue weighted by atomic mass is 10.0. The summed E-state index contributed by atoms with van der Waals surface area (Å²) < 4.78 is 60.3. The number of aliphatic carboxylic acids is 1. The van der Waals surface area contributed by atoms with Gasteiger partial charge in [-0.15, -0.1) is 13.2 Å². The molecule has 32 heavy (non-hydrogen) atoms. The number of hydrogen-bond acceptors (Lipinski definition) is 6. The standard InChI is InChI=1S/C20H12F4N2O6/c21-12-7-10(9-2-1-3-11(6-9)32-20(22,23)24)4-5-13(12)26-17(27)15-14(8-25)31-19(30)16(15)18(28)29/h1-7,14,19,30H,(H,26,27)(H,28,29). The van der Waals surface area contributed by atoms with Crippen LogP contribution < -0.4 is 10.1 Å². The van der Waals surface area contributed by atoms with E-state index in [9.17, 15) is 32.3 Å². The average molecular weight is 452 g/mol. The Kier molecular flexibility index (Phi) is 6.15. The molecule has 1 amide bonds. The predicted octanol–water partition coefficient (Wildman–Crippen LogP) is 2.95. The second-order valence-electron chi connectivity index (χ2n) is 6.35. The van der Waals surface area contributed by atoms with Gasteiger partial charge in [0.1, 0.15) is 17.1 Å². The van der Waals surface area contributed by atoms with Crippen LogP contribution in [0.1, 0.15) is 0 Å². The predicted molar refractivity (Wildman–Crippen MR) is 98.3 cm³/mol. The lowest BCUT2D eigenvalue weighted by Gasteiger charge is -2.12. The van der Waals surface area contributed by atoms with E-state index >= 15 is 0 Å². The van der Waals surface area contributed by atoms with Crippen LogP contribution in [-0.2, 0) is 14.3 Å². The first-order valence-corrected chi connectivity index (χ1v) is 8.67. The van der Waals surface area contributed by atoms with Crippen molar-refractivity contribution in [2.75, 3.05) is 5.32 Å². The summed E-state index contributed by atoms with van der Waals surface area (Å²) in [6.45, 7) is 0. The Balaban J connectivity index is 1.87. The first-order chi connectivity index (χ1) is 15.0.